The number of ether oxygens (including phenoxy) is 2. The quantitative estimate of drug-likeness (QED) is 0.801. The number of rotatable bonds is 3. The van der Waals surface area contributed by atoms with Crippen LogP contribution in [0.5, 0.6) is 11.5 Å². The maximum Gasteiger partial charge on any atom is 0.162 e. The Balaban J connectivity index is 2.27. The Labute approximate surface area is 103 Å². The van der Waals surface area contributed by atoms with Crippen LogP contribution in [0.4, 0.5) is 0 Å². The average molecular weight is 285 g/mol. The van der Waals surface area contributed by atoms with E-state index in [0.29, 0.717) is 19.6 Å². The molecule has 0 spiro atoms. The average Bonchev–Trinajstić information content (AvgIpc) is 2.50. The minimum absolute atomic E-state index is 0.526. The van der Waals surface area contributed by atoms with E-state index in [4.69, 9.17) is 9.47 Å². The van der Waals surface area contributed by atoms with Crippen molar-refractivity contribution < 1.29 is 14.3 Å². The molecule has 1 aliphatic heterocycles. The second kappa shape index (κ2) is 5.34. The molecular weight excluding hydrogens is 272 g/mol. The second-order valence-electron chi connectivity index (χ2n) is 3.65. The third-order valence-electron chi connectivity index (χ3n) is 2.45. The number of fused-ring (bicyclic) bond motifs is 1. The fraction of sp³-hybridized carbons (Fsp3) is 0.417. The molecule has 1 aromatic carbocycles. The number of hydrogen-bond acceptors (Lipinski definition) is 3. The van der Waals surface area contributed by atoms with Gasteiger partial charge in [0.05, 0.1) is 13.2 Å². The molecule has 0 aromatic heterocycles. The van der Waals surface area contributed by atoms with E-state index in [-0.39, 0.29) is 0 Å². The minimum Gasteiger partial charge on any atom is -0.490 e. The molecule has 1 aliphatic rings. The lowest BCUT2D eigenvalue weighted by molar-refractivity contribution is -0.107. The fourth-order valence-corrected chi connectivity index (χ4v) is 2.15. The van der Waals surface area contributed by atoms with Gasteiger partial charge in [-0.05, 0) is 24.1 Å². The summed E-state index contributed by atoms with van der Waals surface area (Å²) >= 11 is 3.48. The van der Waals surface area contributed by atoms with Crippen molar-refractivity contribution in [2.24, 2.45) is 0 Å². The predicted octanol–water partition coefficient (Wildman–Crippen LogP) is 2.74. The molecule has 0 saturated carbocycles. The second-order valence-corrected chi connectivity index (χ2v) is 4.50. The lowest BCUT2D eigenvalue weighted by Crippen LogP contribution is -1.97. The van der Waals surface area contributed by atoms with Crippen molar-refractivity contribution in [3.05, 3.63) is 22.2 Å². The van der Waals surface area contributed by atoms with Gasteiger partial charge >= 0.3 is 0 Å². The number of carbonyl (C=O) groups is 1. The highest BCUT2D eigenvalue weighted by Gasteiger charge is 2.13. The van der Waals surface area contributed by atoms with Gasteiger partial charge in [-0.3, -0.25) is 0 Å². The van der Waals surface area contributed by atoms with E-state index in [1.165, 1.54) is 0 Å². The van der Waals surface area contributed by atoms with Crippen LogP contribution in [0.1, 0.15) is 18.4 Å². The van der Waals surface area contributed by atoms with Crippen molar-refractivity contribution in [3.63, 3.8) is 0 Å². The molecule has 2 rings (SSSR count). The number of carbonyl (C=O) groups excluding carboxylic acids is 1. The monoisotopic (exact) mass is 284 g/mol. The van der Waals surface area contributed by atoms with Crippen LogP contribution in [-0.4, -0.2) is 19.5 Å². The Morgan fingerprint density at radius 3 is 2.62 bits per heavy atom. The first-order valence-electron chi connectivity index (χ1n) is 5.33. The lowest BCUT2D eigenvalue weighted by atomic mass is 10.1. The molecular formula is C12H13BrO3. The van der Waals surface area contributed by atoms with Gasteiger partial charge in [-0.1, -0.05) is 15.9 Å². The normalized spacial score (nSPS) is 14.3. The first-order chi connectivity index (χ1) is 7.81. The smallest absolute Gasteiger partial charge is 0.162 e. The van der Waals surface area contributed by atoms with Gasteiger partial charge in [0.15, 0.2) is 11.5 Å². The summed E-state index contributed by atoms with van der Waals surface area (Å²) in [6, 6.07) is 3.87. The Bertz CT molecular complexity index is 390. The molecule has 0 saturated heterocycles. The molecule has 0 bridgehead atoms. The Morgan fingerprint density at radius 1 is 1.25 bits per heavy atom. The summed E-state index contributed by atoms with van der Waals surface area (Å²) in [6.07, 6.45) is 3.07. The molecule has 0 radical (unpaired) electrons. The molecule has 86 valence electrons. The molecule has 16 heavy (non-hydrogen) atoms. The van der Waals surface area contributed by atoms with Crippen LogP contribution in [0.2, 0.25) is 0 Å². The molecule has 0 N–H and O–H groups in total. The standard InChI is InChI=1S/C12H13BrO3/c13-10-8-12-11(15-5-2-6-16-12)7-9(10)3-1-4-14/h4,7-8H,1-3,5-6H2. The highest BCUT2D eigenvalue weighted by Crippen LogP contribution is 2.35. The number of aryl methyl sites for hydroxylation is 1. The van der Waals surface area contributed by atoms with Crippen molar-refractivity contribution in [3.8, 4) is 11.5 Å². The van der Waals surface area contributed by atoms with E-state index >= 15 is 0 Å². The van der Waals surface area contributed by atoms with Crippen molar-refractivity contribution in [2.45, 2.75) is 19.3 Å². The summed E-state index contributed by atoms with van der Waals surface area (Å²) in [4.78, 5) is 10.4. The van der Waals surface area contributed by atoms with Gasteiger partial charge in [0.2, 0.25) is 0 Å². The van der Waals surface area contributed by atoms with Crippen LogP contribution < -0.4 is 9.47 Å². The topological polar surface area (TPSA) is 35.5 Å². The van der Waals surface area contributed by atoms with E-state index in [2.05, 4.69) is 15.9 Å². The first kappa shape index (κ1) is 11.5. The summed E-state index contributed by atoms with van der Waals surface area (Å²) in [5.74, 6) is 1.56. The van der Waals surface area contributed by atoms with Gasteiger partial charge in [-0.25, -0.2) is 0 Å². The van der Waals surface area contributed by atoms with E-state index in [9.17, 15) is 4.79 Å². The third kappa shape index (κ3) is 2.55. The van der Waals surface area contributed by atoms with Crippen molar-refractivity contribution in [1.29, 1.82) is 0 Å². The van der Waals surface area contributed by atoms with E-state index in [1.807, 2.05) is 12.1 Å². The highest BCUT2D eigenvalue weighted by atomic mass is 79.9. The van der Waals surface area contributed by atoms with Gasteiger partial charge in [0.1, 0.15) is 6.29 Å². The number of halogens is 1. The van der Waals surface area contributed by atoms with Gasteiger partial charge < -0.3 is 14.3 Å². The summed E-state index contributed by atoms with van der Waals surface area (Å²) < 4.78 is 12.1. The van der Waals surface area contributed by atoms with Crippen LogP contribution in [0.25, 0.3) is 0 Å². The predicted molar refractivity (Wildman–Crippen MR) is 64.1 cm³/mol. The summed E-state index contributed by atoms with van der Waals surface area (Å²) in [6.45, 7) is 1.37. The van der Waals surface area contributed by atoms with Crippen LogP contribution in [0, 0.1) is 0 Å². The molecule has 0 unspecified atom stereocenters. The Hall–Kier alpha value is -1.03. The first-order valence-corrected chi connectivity index (χ1v) is 6.12. The lowest BCUT2D eigenvalue weighted by Gasteiger charge is -2.10. The van der Waals surface area contributed by atoms with Crippen LogP contribution in [-0.2, 0) is 11.2 Å². The number of aldehydes is 1. The van der Waals surface area contributed by atoms with Crippen LogP contribution >= 0.6 is 15.9 Å². The third-order valence-corrected chi connectivity index (χ3v) is 3.19. The number of benzene rings is 1. The zero-order chi connectivity index (χ0) is 11.4. The molecule has 3 nitrogen and oxygen atoms in total. The SMILES string of the molecule is O=CCCc1cc2c(cc1Br)OCCCO2. The van der Waals surface area contributed by atoms with Gasteiger partial charge in [-0.15, -0.1) is 0 Å². The fourth-order valence-electron chi connectivity index (χ4n) is 1.63. The largest absolute Gasteiger partial charge is 0.490 e. The molecule has 0 amide bonds. The zero-order valence-corrected chi connectivity index (χ0v) is 10.5. The van der Waals surface area contributed by atoms with Crippen molar-refractivity contribution in [1.82, 2.24) is 0 Å². The zero-order valence-electron chi connectivity index (χ0n) is 8.87. The van der Waals surface area contributed by atoms with Crippen molar-refractivity contribution >= 4 is 22.2 Å². The Kier molecular flexibility index (Phi) is 3.83. The van der Waals surface area contributed by atoms with E-state index < -0.39 is 0 Å². The number of hydrogen-bond donors (Lipinski definition) is 0. The van der Waals surface area contributed by atoms with Crippen LogP contribution in [0.15, 0.2) is 16.6 Å². The summed E-state index contributed by atoms with van der Waals surface area (Å²) in [5.41, 5.74) is 1.08. The molecule has 1 heterocycles. The summed E-state index contributed by atoms with van der Waals surface area (Å²) in [7, 11) is 0. The highest BCUT2D eigenvalue weighted by molar-refractivity contribution is 9.10. The molecule has 1 aromatic rings. The van der Waals surface area contributed by atoms with Gasteiger partial charge in [-0.2, -0.15) is 0 Å². The maximum absolute atomic E-state index is 10.4. The maximum atomic E-state index is 10.4. The minimum atomic E-state index is 0.526. The van der Waals surface area contributed by atoms with E-state index in [1.54, 1.807) is 0 Å². The van der Waals surface area contributed by atoms with Gasteiger partial charge in [0, 0.05) is 17.3 Å². The molecule has 0 aliphatic carbocycles. The van der Waals surface area contributed by atoms with Gasteiger partial charge in [0.25, 0.3) is 0 Å². The summed E-state index contributed by atoms with van der Waals surface area (Å²) in [5, 5.41) is 0. The molecule has 0 atom stereocenters. The van der Waals surface area contributed by atoms with Crippen molar-refractivity contribution in [2.75, 3.05) is 13.2 Å². The molecule has 0 fully saturated rings. The molecule has 4 heteroatoms. The van der Waals surface area contributed by atoms with E-state index in [0.717, 1.165) is 40.7 Å². The Morgan fingerprint density at radius 2 is 1.94 bits per heavy atom. The van der Waals surface area contributed by atoms with Crippen LogP contribution in [0.3, 0.4) is 0 Å².